The monoisotopic (exact) mass is 159 g/mol. The molecule has 0 aromatic rings. The molecule has 1 aliphatic heterocycles. The standard InChI is InChI=1S/C5H9N3O3/c9-3-1-6-2-4(10)8-5(11)7-3/h3,6,9H,1-2H2,(H2,7,8,10,11)/t3-/m1/s1. The Labute approximate surface area is 63.0 Å². The van der Waals surface area contributed by atoms with Gasteiger partial charge in [-0.25, -0.2) is 4.79 Å². The van der Waals surface area contributed by atoms with Crippen LogP contribution in [0.15, 0.2) is 0 Å². The van der Waals surface area contributed by atoms with Gasteiger partial charge in [-0.1, -0.05) is 0 Å². The second-order valence-electron chi connectivity index (χ2n) is 2.17. The number of aliphatic hydroxyl groups excluding tert-OH is 1. The van der Waals surface area contributed by atoms with Crippen LogP contribution in [0.2, 0.25) is 0 Å². The third kappa shape index (κ3) is 2.52. The Morgan fingerprint density at radius 3 is 2.91 bits per heavy atom. The van der Waals surface area contributed by atoms with Gasteiger partial charge >= 0.3 is 6.03 Å². The summed E-state index contributed by atoms with van der Waals surface area (Å²) in [5, 5.41) is 15.7. The highest BCUT2D eigenvalue weighted by Crippen LogP contribution is 1.79. The zero-order valence-corrected chi connectivity index (χ0v) is 5.76. The Morgan fingerprint density at radius 1 is 1.45 bits per heavy atom. The van der Waals surface area contributed by atoms with Crippen molar-refractivity contribution in [1.29, 1.82) is 0 Å². The molecule has 0 bridgehead atoms. The maximum atomic E-state index is 10.6. The highest BCUT2D eigenvalue weighted by molar-refractivity contribution is 5.95. The average Bonchev–Trinajstić information content (AvgIpc) is 1.83. The van der Waals surface area contributed by atoms with E-state index in [1.54, 1.807) is 0 Å². The molecule has 11 heavy (non-hydrogen) atoms. The number of urea groups is 1. The van der Waals surface area contributed by atoms with Gasteiger partial charge < -0.3 is 15.7 Å². The smallest absolute Gasteiger partial charge is 0.323 e. The number of aliphatic hydroxyl groups is 1. The molecular formula is C5H9N3O3. The lowest BCUT2D eigenvalue weighted by molar-refractivity contribution is -0.119. The van der Waals surface area contributed by atoms with Crippen molar-refractivity contribution in [2.75, 3.05) is 13.1 Å². The predicted molar refractivity (Wildman–Crippen MR) is 35.6 cm³/mol. The van der Waals surface area contributed by atoms with E-state index in [-0.39, 0.29) is 13.1 Å². The number of hydrogen-bond donors (Lipinski definition) is 4. The van der Waals surface area contributed by atoms with E-state index in [0.717, 1.165) is 0 Å². The average molecular weight is 159 g/mol. The van der Waals surface area contributed by atoms with Crippen molar-refractivity contribution in [2.45, 2.75) is 6.23 Å². The Hall–Kier alpha value is -1.14. The molecule has 0 aromatic heterocycles. The van der Waals surface area contributed by atoms with Crippen LogP contribution in [-0.2, 0) is 4.79 Å². The van der Waals surface area contributed by atoms with Crippen molar-refractivity contribution in [3.8, 4) is 0 Å². The van der Waals surface area contributed by atoms with Crippen LogP contribution < -0.4 is 16.0 Å². The third-order valence-corrected chi connectivity index (χ3v) is 1.17. The Morgan fingerprint density at radius 2 is 2.18 bits per heavy atom. The summed E-state index contributed by atoms with van der Waals surface area (Å²) in [6.45, 7) is 0.226. The van der Waals surface area contributed by atoms with E-state index in [1.807, 2.05) is 5.32 Å². The van der Waals surface area contributed by atoms with Crippen LogP contribution in [0.5, 0.6) is 0 Å². The first kappa shape index (κ1) is 7.96. The van der Waals surface area contributed by atoms with Crippen LogP contribution in [0.1, 0.15) is 0 Å². The number of hydrogen-bond acceptors (Lipinski definition) is 4. The normalized spacial score (nSPS) is 26.5. The van der Waals surface area contributed by atoms with E-state index < -0.39 is 18.2 Å². The van der Waals surface area contributed by atoms with Gasteiger partial charge in [-0.05, 0) is 0 Å². The molecule has 0 unspecified atom stereocenters. The second kappa shape index (κ2) is 3.31. The summed E-state index contributed by atoms with van der Waals surface area (Å²) in [4.78, 5) is 21.3. The quantitative estimate of drug-likeness (QED) is 0.321. The fraction of sp³-hybridized carbons (Fsp3) is 0.600. The molecule has 1 rings (SSSR count). The minimum absolute atomic E-state index is 0.0461. The number of rotatable bonds is 0. The van der Waals surface area contributed by atoms with E-state index >= 15 is 0 Å². The molecule has 3 amide bonds. The van der Waals surface area contributed by atoms with Crippen molar-refractivity contribution in [3.63, 3.8) is 0 Å². The zero-order chi connectivity index (χ0) is 8.27. The molecule has 0 aliphatic carbocycles. The van der Waals surface area contributed by atoms with Crippen molar-refractivity contribution in [3.05, 3.63) is 0 Å². The SMILES string of the molecule is O=C1CNC[C@@H](O)NC(=O)N1. The summed E-state index contributed by atoms with van der Waals surface area (Å²) in [7, 11) is 0. The van der Waals surface area contributed by atoms with Gasteiger partial charge in [0.1, 0.15) is 6.23 Å². The Balaban J connectivity index is 2.47. The first-order chi connectivity index (χ1) is 5.18. The van der Waals surface area contributed by atoms with Crippen LogP contribution in [0.3, 0.4) is 0 Å². The topological polar surface area (TPSA) is 90.5 Å². The van der Waals surface area contributed by atoms with Crippen LogP contribution in [-0.4, -0.2) is 36.4 Å². The fourth-order valence-corrected chi connectivity index (χ4v) is 0.732. The van der Waals surface area contributed by atoms with Crippen LogP contribution in [0.4, 0.5) is 4.79 Å². The van der Waals surface area contributed by atoms with Crippen LogP contribution >= 0.6 is 0 Å². The molecule has 6 nitrogen and oxygen atoms in total. The van der Waals surface area contributed by atoms with E-state index in [2.05, 4.69) is 10.6 Å². The number of β-amino-alcohol motifs (C(OH)–C–C–N with tert-alkyl or cyclic N) is 1. The summed E-state index contributed by atoms with van der Waals surface area (Å²) in [6, 6.07) is -0.663. The molecule has 1 atom stereocenters. The summed E-state index contributed by atoms with van der Waals surface area (Å²) < 4.78 is 0. The molecule has 1 heterocycles. The predicted octanol–water partition coefficient (Wildman–Crippen LogP) is -2.27. The first-order valence-corrected chi connectivity index (χ1v) is 3.17. The molecule has 6 heteroatoms. The molecule has 1 saturated heterocycles. The molecule has 0 spiro atoms. The molecule has 0 radical (unpaired) electrons. The second-order valence-corrected chi connectivity index (χ2v) is 2.17. The number of carbonyl (C=O) groups excluding carboxylic acids is 2. The number of amides is 3. The molecule has 1 fully saturated rings. The molecule has 4 N–H and O–H groups in total. The lowest BCUT2D eigenvalue weighted by atomic mass is 10.4. The minimum Gasteiger partial charge on any atom is -0.372 e. The van der Waals surface area contributed by atoms with Crippen molar-refractivity contribution >= 4 is 11.9 Å². The first-order valence-electron chi connectivity index (χ1n) is 3.17. The van der Waals surface area contributed by atoms with Gasteiger partial charge in [0.05, 0.1) is 6.54 Å². The van der Waals surface area contributed by atoms with Crippen LogP contribution in [0.25, 0.3) is 0 Å². The van der Waals surface area contributed by atoms with Crippen molar-refractivity contribution in [2.24, 2.45) is 0 Å². The largest absolute Gasteiger partial charge is 0.372 e. The van der Waals surface area contributed by atoms with Gasteiger partial charge in [-0.2, -0.15) is 0 Å². The van der Waals surface area contributed by atoms with Crippen molar-refractivity contribution in [1.82, 2.24) is 16.0 Å². The van der Waals surface area contributed by atoms with Gasteiger partial charge in [0.15, 0.2) is 0 Å². The van der Waals surface area contributed by atoms with Gasteiger partial charge in [0.2, 0.25) is 5.91 Å². The van der Waals surface area contributed by atoms with E-state index in [4.69, 9.17) is 5.11 Å². The number of nitrogens with one attached hydrogen (secondary N) is 3. The maximum Gasteiger partial charge on any atom is 0.323 e. The molecule has 1 aliphatic rings. The summed E-state index contributed by atoms with van der Waals surface area (Å²) in [5.74, 6) is -0.408. The lowest BCUT2D eigenvalue weighted by Crippen LogP contribution is -2.53. The fourth-order valence-electron chi connectivity index (χ4n) is 0.732. The van der Waals surface area contributed by atoms with Gasteiger partial charge in [-0.15, -0.1) is 0 Å². The zero-order valence-electron chi connectivity index (χ0n) is 5.76. The van der Waals surface area contributed by atoms with Gasteiger partial charge in [0, 0.05) is 6.54 Å². The number of imide groups is 1. The number of carbonyl (C=O) groups is 2. The molecule has 62 valence electrons. The minimum atomic E-state index is -0.942. The molecule has 0 saturated carbocycles. The summed E-state index contributed by atoms with van der Waals surface area (Å²) in [5.41, 5.74) is 0. The van der Waals surface area contributed by atoms with Crippen LogP contribution in [0, 0.1) is 0 Å². The van der Waals surface area contributed by atoms with E-state index in [1.165, 1.54) is 0 Å². The molecule has 0 aromatic carbocycles. The van der Waals surface area contributed by atoms with Crippen molar-refractivity contribution < 1.29 is 14.7 Å². The maximum absolute atomic E-state index is 10.6. The summed E-state index contributed by atoms with van der Waals surface area (Å²) >= 11 is 0. The van der Waals surface area contributed by atoms with E-state index in [0.29, 0.717) is 0 Å². The highest BCUT2D eigenvalue weighted by Gasteiger charge is 2.14. The third-order valence-electron chi connectivity index (χ3n) is 1.17. The molecular weight excluding hydrogens is 150 g/mol. The Bertz CT molecular complexity index is 182. The highest BCUT2D eigenvalue weighted by atomic mass is 16.3. The van der Waals surface area contributed by atoms with Gasteiger partial charge in [0.25, 0.3) is 0 Å². The summed E-state index contributed by atoms with van der Waals surface area (Å²) in [6.07, 6.45) is -0.942. The lowest BCUT2D eigenvalue weighted by Gasteiger charge is -2.16. The van der Waals surface area contributed by atoms with E-state index in [9.17, 15) is 9.59 Å². The Kier molecular flexibility index (Phi) is 2.40. The van der Waals surface area contributed by atoms with Gasteiger partial charge in [-0.3, -0.25) is 10.1 Å².